The Morgan fingerprint density at radius 2 is 0.544 bits per heavy atom. The number of carbonyl (C=O) groups excluding carboxylic acids is 6. The third kappa shape index (κ3) is 9.16. The van der Waals surface area contributed by atoms with Gasteiger partial charge >= 0.3 is 0 Å². The van der Waals surface area contributed by atoms with Crippen molar-refractivity contribution in [1.29, 1.82) is 0 Å². The maximum absolute atomic E-state index is 14.2. The third-order valence-electron chi connectivity index (χ3n) is 15.3. The summed E-state index contributed by atoms with van der Waals surface area (Å²) in [6, 6.07) is 46.5. The van der Waals surface area contributed by atoms with Crippen LogP contribution in [0.5, 0.6) is 0 Å². The van der Waals surface area contributed by atoms with E-state index in [-0.39, 0.29) is 109 Å². The molecule has 4 N–H and O–H groups in total. The van der Waals surface area contributed by atoms with Crippen LogP contribution in [0, 0.1) is 23.7 Å². The zero-order valence-electron chi connectivity index (χ0n) is 37.8. The standard InChI is InChI=1S/C56H56N6O6/c63-51(57-47-25-39(47)33-13-5-1-6-14-33)43-29-61(30-44(43)52(64)58-48-26-40(48)34-15-7-2-8-16-34)55(67)37-21-23-38(24-22-37)56(68)62-31-45(53(65)59-49-27-41(49)35-17-9-3-10-18-35)46(32-62)54(66)60-50-28-42(50)36-19-11-4-12-20-36/h1-24,39-50H,25-32H2,(H,57,63)(H,58,64)(H,59,65)(H,60,66). The maximum Gasteiger partial charge on any atom is 0.253 e. The third-order valence-corrected chi connectivity index (χ3v) is 15.3. The molecule has 12 nitrogen and oxygen atoms in total. The van der Waals surface area contributed by atoms with E-state index in [0.29, 0.717) is 11.1 Å². The van der Waals surface area contributed by atoms with Crippen molar-refractivity contribution in [3.63, 3.8) is 0 Å². The number of hydrogen-bond donors (Lipinski definition) is 4. The van der Waals surface area contributed by atoms with Gasteiger partial charge in [0.1, 0.15) is 0 Å². The molecule has 2 aliphatic heterocycles. The van der Waals surface area contributed by atoms with Crippen LogP contribution in [0.1, 0.15) is 92.3 Å². The molecule has 4 saturated carbocycles. The van der Waals surface area contributed by atoms with Crippen molar-refractivity contribution < 1.29 is 28.8 Å². The molecule has 12 heteroatoms. The van der Waals surface area contributed by atoms with Gasteiger partial charge in [-0.15, -0.1) is 0 Å². The van der Waals surface area contributed by atoms with Gasteiger partial charge in [0, 0.05) is 85.1 Å². The van der Waals surface area contributed by atoms with E-state index >= 15 is 0 Å². The molecule has 6 aliphatic rings. The van der Waals surface area contributed by atoms with Crippen molar-refractivity contribution in [2.75, 3.05) is 26.2 Å². The van der Waals surface area contributed by atoms with Gasteiger partial charge in [0.25, 0.3) is 11.8 Å². The van der Waals surface area contributed by atoms with Crippen LogP contribution in [0.4, 0.5) is 0 Å². The van der Waals surface area contributed by atoms with E-state index < -0.39 is 23.7 Å². The molecule has 0 spiro atoms. The van der Waals surface area contributed by atoms with Gasteiger partial charge in [0.15, 0.2) is 0 Å². The average Bonchev–Trinajstić information content (AvgIpc) is 4.31. The Kier molecular flexibility index (Phi) is 11.6. The second-order valence-electron chi connectivity index (χ2n) is 19.9. The summed E-state index contributed by atoms with van der Waals surface area (Å²) in [5.41, 5.74) is 5.30. The van der Waals surface area contributed by atoms with Gasteiger partial charge < -0.3 is 31.1 Å². The minimum atomic E-state index is -0.732. The van der Waals surface area contributed by atoms with Gasteiger partial charge in [-0.3, -0.25) is 28.8 Å². The predicted molar refractivity (Wildman–Crippen MR) is 255 cm³/mol. The molecule has 346 valence electrons. The summed E-state index contributed by atoms with van der Waals surface area (Å²) in [4.78, 5) is 87.5. The fourth-order valence-corrected chi connectivity index (χ4v) is 11.0. The van der Waals surface area contributed by atoms with Crippen molar-refractivity contribution in [1.82, 2.24) is 31.1 Å². The first-order valence-corrected chi connectivity index (χ1v) is 24.3. The number of carbonyl (C=O) groups is 6. The topological polar surface area (TPSA) is 157 Å². The molecule has 12 unspecified atom stereocenters. The van der Waals surface area contributed by atoms with E-state index in [1.165, 1.54) is 0 Å². The summed E-state index contributed by atoms with van der Waals surface area (Å²) < 4.78 is 0. The molecular weight excluding hydrogens is 853 g/mol. The van der Waals surface area contributed by atoms with Gasteiger partial charge in [0.2, 0.25) is 23.6 Å². The van der Waals surface area contributed by atoms with E-state index in [4.69, 9.17) is 0 Å². The van der Waals surface area contributed by atoms with Gasteiger partial charge in [-0.25, -0.2) is 0 Å². The van der Waals surface area contributed by atoms with Crippen molar-refractivity contribution >= 4 is 35.4 Å². The second kappa shape index (κ2) is 18.2. The van der Waals surface area contributed by atoms with Gasteiger partial charge in [-0.2, -0.15) is 0 Å². The Bertz CT molecular complexity index is 2370. The minimum absolute atomic E-state index is 0.0327. The number of rotatable bonds is 14. The number of amides is 6. The van der Waals surface area contributed by atoms with Crippen LogP contribution in [-0.4, -0.2) is 95.6 Å². The summed E-state index contributed by atoms with van der Waals surface area (Å²) in [7, 11) is 0. The second-order valence-corrected chi connectivity index (χ2v) is 19.9. The van der Waals surface area contributed by atoms with Crippen molar-refractivity contribution in [3.8, 4) is 0 Å². The average molecular weight is 909 g/mol. The molecular formula is C56H56N6O6. The van der Waals surface area contributed by atoms with Gasteiger partial charge in [-0.05, 0) is 72.2 Å². The molecule has 6 amide bonds. The van der Waals surface area contributed by atoms with Crippen LogP contribution in [0.25, 0.3) is 0 Å². The van der Waals surface area contributed by atoms with E-state index in [9.17, 15) is 28.8 Å². The molecule has 6 fully saturated rings. The van der Waals surface area contributed by atoms with Crippen LogP contribution in [0.3, 0.4) is 0 Å². The summed E-state index contributed by atoms with van der Waals surface area (Å²) in [6.07, 6.45) is 3.27. The van der Waals surface area contributed by atoms with E-state index in [1.807, 2.05) is 72.8 Å². The first-order chi connectivity index (χ1) is 33.2. The Balaban J connectivity index is 0.756. The quantitative estimate of drug-likeness (QED) is 0.111. The first kappa shape index (κ1) is 43.5. The number of hydrogen-bond acceptors (Lipinski definition) is 6. The molecule has 68 heavy (non-hydrogen) atoms. The normalized spacial score (nSPS) is 29.6. The molecule has 12 atom stereocenters. The number of likely N-dealkylation sites (tertiary alicyclic amines) is 2. The summed E-state index contributed by atoms with van der Waals surface area (Å²) in [6.45, 7) is 0.331. The predicted octanol–water partition coefficient (Wildman–Crippen LogP) is 5.75. The SMILES string of the molecule is O=C(NC1CC1c1ccccc1)C1CN(C(=O)c2ccc(C(=O)N3CC(C(=O)NC4CC4c4ccccc4)C(C(=O)NC4CC4c4ccccc4)C3)cc2)CC1C(=O)NC1CC1c1ccccc1. The highest BCUT2D eigenvalue weighted by Gasteiger charge is 2.51. The molecule has 5 aromatic carbocycles. The first-order valence-electron chi connectivity index (χ1n) is 24.3. The lowest BCUT2D eigenvalue weighted by molar-refractivity contribution is -0.133. The lowest BCUT2D eigenvalue weighted by Gasteiger charge is -2.18. The lowest BCUT2D eigenvalue weighted by atomic mass is 9.94. The van der Waals surface area contributed by atoms with Crippen LogP contribution >= 0.6 is 0 Å². The monoisotopic (exact) mass is 908 g/mol. The van der Waals surface area contributed by atoms with Crippen molar-refractivity contribution in [3.05, 3.63) is 179 Å². The van der Waals surface area contributed by atoms with E-state index in [1.54, 1.807) is 34.1 Å². The molecule has 0 bridgehead atoms. The largest absolute Gasteiger partial charge is 0.352 e. The minimum Gasteiger partial charge on any atom is -0.352 e. The lowest BCUT2D eigenvalue weighted by Crippen LogP contribution is -2.43. The molecule has 2 heterocycles. The van der Waals surface area contributed by atoms with Crippen LogP contribution in [0.2, 0.25) is 0 Å². The smallest absolute Gasteiger partial charge is 0.253 e. The van der Waals surface area contributed by atoms with E-state index in [2.05, 4.69) is 69.8 Å². The maximum atomic E-state index is 14.2. The van der Waals surface area contributed by atoms with Gasteiger partial charge in [0.05, 0.1) is 23.7 Å². The van der Waals surface area contributed by atoms with Crippen LogP contribution in [0.15, 0.2) is 146 Å². The molecule has 0 radical (unpaired) electrons. The van der Waals surface area contributed by atoms with Crippen LogP contribution in [-0.2, 0) is 19.2 Å². The zero-order chi connectivity index (χ0) is 46.5. The highest BCUT2D eigenvalue weighted by Crippen LogP contribution is 2.44. The molecule has 0 aromatic heterocycles. The molecule has 2 saturated heterocycles. The highest BCUT2D eigenvalue weighted by molar-refractivity contribution is 6.00. The Morgan fingerprint density at radius 3 is 0.765 bits per heavy atom. The molecule has 4 aliphatic carbocycles. The van der Waals surface area contributed by atoms with E-state index in [0.717, 1.165) is 47.9 Å². The summed E-state index contributed by atoms with van der Waals surface area (Å²) in [5.74, 6) is -3.68. The summed E-state index contributed by atoms with van der Waals surface area (Å²) >= 11 is 0. The molecule has 11 rings (SSSR count). The number of nitrogens with zero attached hydrogens (tertiary/aromatic N) is 2. The van der Waals surface area contributed by atoms with Crippen LogP contribution < -0.4 is 21.3 Å². The fraction of sp³-hybridized carbons (Fsp3) is 0.357. The highest BCUT2D eigenvalue weighted by atomic mass is 16.2. The Hall–Kier alpha value is -7.08. The summed E-state index contributed by atoms with van der Waals surface area (Å²) in [5, 5.41) is 12.8. The van der Waals surface area contributed by atoms with Crippen molar-refractivity contribution in [2.45, 2.75) is 73.5 Å². The fourth-order valence-electron chi connectivity index (χ4n) is 11.0. The van der Waals surface area contributed by atoms with Gasteiger partial charge in [-0.1, -0.05) is 121 Å². The zero-order valence-corrected chi connectivity index (χ0v) is 37.8. The number of benzene rings is 5. The Morgan fingerprint density at radius 1 is 0.324 bits per heavy atom. The van der Waals surface area contributed by atoms with Crippen molar-refractivity contribution in [2.24, 2.45) is 23.7 Å². The number of nitrogens with one attached hydrogen (secondary N) is 4. The Labute approximate surface area is 396 Å². The molecule has 5 aromatic rings.